The molecule has 148 valence electrons. The van der Waals surface area contributed by atoms with Gasteiger partial charge in [0.1, 0.15) is 5.54 Å². The Balaban J connectivity index is 1.55. The number of ether oxygens (including phenoxy) is 1. The Morgan fingerprint density at radius 1 is 1.32 bits per heavy atom. The molecule has 0 spiro atoms. The van der Waals surface area contributed by atoms with Gasteiger partial charge in [-0.1, -0.05) is 25.1 Å². The molecule has 2 aliphatic rings. The van der Waals surface area contributed by atoms with Crippen LogP contribution in [0.4, 0.5) is 5.69 Å². The lowest BCUT2D eigenvalue weighted by Gasteiger charge is -2.22. The molecule has 1 aliphatic carbocycles. The molecule has 1 atom stereocenters. The molecule has 1 aromatic rings. The normalized spacial score (nSPS) is 20.6. The summed E-state index contributed by atoms with van der Waals surface area (Å²) in [6.45, 7) is 1.83. The van der Waals surface area contributed by atoms with E-state index < -0.39 is 29.9 Å². The van der Waals surface area contributed by atoms with Crippen molar-refractivity contribution < 1.29 is 19.1 Å². The SMILES string of the molecule is CCc1ccccc1N1C[C@H](C(=O)OCC(=O)NC2(C#N)CCCC2)CC1=O. The van der Waals surface area contributed by atoms with Gasteiger partial charge < -0.3 is 15.0 Å². The van der Waals surface area contributed by atoms with E-state index in [1.807, 2.05) is 31.2 Å². The van der Waals surface area contributed by atoms with Gasteiger partial charge in [0.15, 0.2) is 6.61 Å². The minimum Gasteiger partial charge on any atom is -0.455 e. The van der Waals surface area contributed by atoms with E-state index in [1.165, 1.54) is 0 Å². The first kappa shape index (κ1) is 19.9. The van der Waals surface area contributed by atoms with E-state index in [2.05, 4.69) is 11.4 Å². The van der Waals surface area contributed by atoms with Crippen LogP contribution in [0.1, 0.15) is 44.6 Å². The lowest BCUT2D eigenvalue weighted by Crippen LogP contribution is -2.47. The predicted molar refractivity (Wildman–Crippen MR) is 102 cm³/mol. The first-order valence-corrected chi connectivity index (χ1v) is 9.75. The molecule has 2 fully saturated rings. The number of hydrogen-bond donors (Lipinski definition) is 1. The van der Waals surface area contributed by atoms with Gasteiger partial charge >= 0.3 is 5.97 Å². The number of rotatable bonds is 6. The van der Waals surface area contributed by atoms with Gasteiger partial charge in [-0.2, -0.15) is 5.26 Å². The third-order valence-electron chi connectivity index (χ3n) is 5.52. The van der Waals surface area contributed by atoms with Crippen LogP contribution in [0.5, 0.6) is 0 Å². The van der Waals surface area contributed by atoms with E-state index >= 15 is 0 Å². The zero-order valence-corrected chi connectivity index (χ0v) is 16.1. The topological polar surface area (TPSA) is 99.5 Å². The van der Waals surface area contributed by atoms with Crippen LogP contribution in [0.25, 0.3) is 0 Å². The van der Waals surface area contributed by atoms with Crippen molar-refractivity contribution in [3.63, 3.8) is 0 Å². The average Bonchev–Trinajstić information content (AvgIpc) is 3.33. The van der Waals surface area contributed by atoms with Crippen molar-refractivity contribution in [2.24, 2.45) is 5.92 Å². The number of nitriles is 1. The minimum absolute atomic E-state index is 0.0701. The molecular weight excluding hydrogens is 358 g/mol. The highest BCUT2D eigenvalue weighted by atomic mass is 16.5. The second-order valence-electron chi connectivity index (χ2n) is 7.44. The van der Waals surface area contributed by atoms with E-state index in [-0.39, 0.29) is 18.9 Å². The number of esters is 1. The van der Waals surface area contributed by atoms with Crippen LogP contribution < -0.4 is 10.2 Å². The Morgan fingerprint density at radius 2 is 2.04 bits per heavy atom. The molecular formula is C21H25N3O4. The van der Waals surface area contributed by atoms with Gasteiger partial charge in [0, 0.05) is 18.7 Å². The van der Waals surface area contributed by atoms with E-state index in [4.69, 9.17) is 4.74 Å². The van der Waals surface area contributed by atoms with Crippen molar-refractivity contribution in [3.8, 4) is 6.07 Å². The summed E-state index contributed by atoms with van der Waals surface area (Å²) in [5, 5.41) is 12.0. The van der Waals surface area contributed by atoms with Gasteiger partial charge in [0.25, 0.3) is 5.91 Å². The predicted octanol–water partition coefficient (Wildman–Crippen LogP) is 2.10. The van der Waals surface area contributed by atoms with Crippen LogP contribution in [0.15, 0.2) is 24.3 Å². The summed E-state index contributed by atoms with van der Waals surface area (Å²) in [6, 6.07) is 9.80. The molecule has 7 heteroatoms. The third-order valence-corrected chi connectivity index (χ3v) is 5.52. The van der Waals surface area contributed by atoms with Crippen molar-refractivity contribution in [1.82, 2.24) is 5.32 Å². The van der Waals surface area contributed by atoms with Gasteiger partial charge in [-0.3, -0.25) is 14.4 Å². The van der Waals surface area contributed by atoms with Crippen molar-refractivity contribution in [3.05, 3.63) is 29.8 Å². The summed E-state index contributed by atoms with van der Waals surface area (Å²) in [7, 11) is 0. The summed E-state index contributed by atoms with van der Waals surface area (Å²) in [4.78, 5) is 38.5. The quantitative estimate of drug-likeness (QED) is 0.759. The molecule has 0 aromatic heterocycles. The van der Waals surface area contributed by atoms with Crippen molar-refractivity contribution in [2.75, 3.05) is 18.1 Å². The number of nitrogens with zero attached hydrogens (tertiary/aromatic N) is 2. The molecule has 1 saturated heterocycles. The fraction of sp³-hybridized carbons (Fsp3) is 0.524. The molecule has 7 nitrogen and oxygen atoms in total. The molecule has 1 heterocycles. The number of benzene rings is 1. The van der Waals surface area contributed by atoms with Crippen LogP contribution in [0, 0.1) is 17.2 Å². The maximum atomic E-state index is 12.4. The van der Waals surface area contributed by atoms with Crippen LogP contribution in [0.2, 0.25) is 0 Å². The van der Waals surface area contributed by atoms with Crippen molar-refractivity contribution >= 4 is 23.5 Å². The molecule has 1 N–H and O–H groups in total. The number of anilines is 1. The van der Waals surface area contributed by atoms with E-state index in [0.29, 0.717) is 12.8 Å². The minimum atomic E-state index is -0.840. The molecule has 0 unspecified atom stereocenters. The highest BCUT2D eigenvalue weighted by Crippen LogP contribution is 2.30. The van der Waals surface area contributed by atoms with E-state index in [0.717, 1.165) is 30.5 Å². The Kier molecular flexibility index (Phi) is 5.98. The van der Waals surface area contributed by atoms with Gasteiger partial charge in [-0.25, -0.2) is 0 Å². The number of carbonyl (C=O) groups excluding carboxylic acids is 3. The molecule has 1 aromatic carbocycles. The Hall–Kier alpha value is -2.88. The van der Waals surface area contributed by atoms with Gasteiger partial charge in [0.2, 0.25) is 5.91 Å². The Labute approximate surface area is 164 Å². The fourth-order valence-corrected chi connectivity index (χ4v) is 3.97. The average molecular weight is 383 g/mol. The summed E-state index contributed by atoms with van der Waals surface area (Å²) < 4.78 is 5.14. The fourth-order valence-electron chi connectivity index (χ4n) is 3.97. The van der Waals surface area contributed by atoms with Crippen molar-refractivity contribution in [2.45, 2.75) is 51.0 Å². The zero-order chi connectivity index (χ0) is 20.1. The van der Waals surface area contributed by atoms with E-state index in [9.17, 15) is 19.6 Å². The van der Waals surface area contributed by atoms with Crippen LogP contribution >= 0.6 is 0 Å². The smallest absolute Gasteiger partial charge is 0.311 e. The number of aryl methyl sites for hydroxylation is 1. The highest BCUT2D eigenvalue weighted by Gasteiger charge is 2.38. The standard InChI is InChI=1S/C21H25N3O4/c1-2-15-7-3-4-8-17(15)24-12-16(11-19(24)26)20(27)28-13-18(25)23-21(14-22)9-5-6-10-21/h3-4,7-8,16H,2,5-6,9-13H2,1H3,(H,23,25)/t16-/m1/s1. The number of para-hydroxylation sites is 1. The van der Waals surface area contributed by atoms with Crippen LogP contribution in [0.3, 0.4) is 0 Å². The monoisotopic (exact) mass is 383 g/mol. The summed E-state index contributed by atoms with van der Waals surface area (Å²) in [5.41, 5.74) is 1.02. The lowest BCUT2D eigenvalue weighted by atomic mass is 10.00. The molecule has 28 heavy (non-hydrogen) atoms. The first-order valence-electron chi connectivity index (χ1n) is 9.75. The van der Waals surface area contributed by atoms with Crippen LogP contribution in [-0.4, -0.2) is 36.5 Å². The first-order chi connectivity index (χ1) is 13.5. The van der Waals surface area contributed by atoms with Gasteiger partial charge in [0.05, 0.1) is 12.0 Å². The molecule has 0 bridgehead atoms. The molecule has 1 saturated carbocycles. The number of amides is 2. The van der Waals surface area contributed by atoms with E-state index in [1.54, 1.807) is 4.90 Å². The van der Waals surface area contributed by atoms with Crippen LogP contribution in [-0.2, 0) is 25.5 Å². The summed E-state index contributed by atoms with van der Waals surface area (Å²) >= 11 is 0. The number of nitrogens with one attached hydrogen (secondary N) is 1. The highest BCUT2D eigenvalue weighted by molar-refractivity contribution is 6.00. The maximum absolute atomic E-state index is 12.4. The maximum Gasteiger partial charge on any atom is 0.311 e. The van der Waals surface area contributed by atoms with Gasteiger partial charge in [-0.05, 0) is 43.7 Å². The molecule has 1 aliphatic heterocycles. The number of carbonyl (C=O) groups is 3. The Bertz CT molecular complexity index is 808. The summed E-state index contributed by atoms with van der Waals surface area (Å²) in [6.07, 6.45) is 3.88. The largest absolute Gasteiger partial charge is 0.455 e. The zero-order valence-electron chi connectivity index (χ0n) is 16.1. The van der Waals surface area contributed by atoms with Gasteiger partial charge in [-0.15, -0.1) is 0 Å². The molecule has 2 amide bonds. The lowest BCUT2D eigenvalue weighted by molar-refractivity contribution is -0.152. The molecule has 3 rings (SSSR count). The molecule has 0 radical (unpaired) electrons. The third kappa shape index (κ3) is 4.16. The second kappa shape index (κ2) is 8.42. The van der Waals surface area contributed by atoms with Crippen molar-refractivity contribution in [1.29, 1.82) is 5.26 Å². The summed E-state index contributed by atoms with van der Waals surface area (Å²) in [5.74, 6) is -1.75. The number of hydrogen-bond acceptors (Lipinski definition) is 5. The second-order valence-corrected chi connectivity index (χ2v) is 7.44. The Morgan fingerprint density at radius 3 is 2.71 bits per heavy atom.